The van der Waals surface area contributed by atoms with E-state index in [2.05, 4.69) is 5.32 Å². The molecule has 0 bridgehead atoms. The highest BCUT2D eigenvalue weighted by Gasteiger charge is 2.25. The van der Waals surface area contributed by atoms with Crippen LogP contribution in [0.15, 0.2) is 78.9 Å². The zero-order chi connectivity index (χ0) is 22.1. The van der Waals surface area contributed by atoms with Gasteiger partial charge < -0.3 is 20.5 Å². The van der Waals surface area contributed by atoms with Gasteiger partial charge in [0.15, 0.2) is 17.5 Å². The minimum absolute atomic E-state index is 0.437. The molecule has 0 aliphatic carbocycles. The fourth-order valence-electron chi connectivity index (χ4n) is 3.20. The van der Waals surface area contributed by atoms with Crippen LogP contribution in [0, 0.1) is 0 Å². The Morgan fingerprint density at radius 1 is 0.935 bits per heavy atom. The van der Waals surface area contributed by atoms with E-state index in [1.807, 2.05) is 84.2 Å². The molecule has 7 heteroatoms. The van der Waals surface area contributed by atoms with E-state index in [-0.39, 0.29) is 0 Å². The van der Waals surface area contributed by atoms with Crippen LogP contribution >= 0.6 is 0 Å². The quantitative estimate of drug-likeness (QED) is 0.494. The molecule has 0 unspecified atom stereocenters. The van der Waals surface area contributed by atoms with E-state index in [1.54, 1.807) is 7.11 Å². The maximum absolute atomic E-state index is 12.5. The van der Waals surface area contributed by atoms with Crippen molar-refractivity contribution >= 4 is 11.9 Å². The zero-order valence-corrected chi connectivity index (χ0v) is 17.3. The van der Waals surface area contributed by atoms with Crippen molar-refractivity contribution in [2.75, 3.05) is 7.11 Å². The molecule has 0 spiro atoms. The second-order valence-electron chi connectivity index (χ2n) is 6.94. The van der Waals surface area contributed by atoms with E-state index < -0.39 is 18.0 Å². The van der Waals surface area contributed by atoms with Crippen molar-refractivity contribution < 1.29 is 24.4 Å². The third-order valence-corrected chi connectivity index (χ3v) is 4.74. The lowest BCUT2D eigenvalue weighted by molar-refractivity contribution is -0.698. The molecule has 3 aromatic carbocycles. The van der Waals surface area contributed by atoms with E-state index in [0.717, 1.165) is 16.7 Å². The van der Waals surface area contributed by atoms with E-state index in [4.69, 9.17) is 15.2 Å². The van der Waals surface area contributed by atoms with E-state index in [9.17, 15) is 9.59 Å². The molecule has 3 amide bonds. The average Bonchev–Trinajstić information content (AvgIpc) is 2.79. The van der Waals surface area contributed by atoms with Gasteiger partial charge in [-0.3, -0.25) is 10.1 Å². The van der Waals surface area contributed by atoms with Crippen LogP contribution < -0.4 is 25.8 Å². The fraction of sp³-hybridized carbons (Fsp3) is 0.167. The van der Waals surface area contributed by atoms with Crippen molar-refractivity contribution in [1.82, 2.24) is 5.32 Å². The Bertz CT molecular complexity index is 1010. The number of imide groups is 1. The number of nitrogens with one attached hydrogen (secondary N) is 1. The van der Waals surface area contributed by atoms with E-state index in [1.165, 1.54) is 0 Å². The van der Waals surface area contributed by atoms with E-state index >= 15 is 0 Å². The number of carbonyl (C=O) groups is 2. The Hall–Kier alpha value is -3.84. The molecule has 0 heterocycles. The molecule has 5 N–H and O–H groups in total. The molecule has 0 aliphatic rings. The summed E-state index contributed by atoms with van der Waals surface area (Å²) in [5.41, 5.74) is 7.90. The topological polar surface area (TPSA) is 107 Å². The van der Waals surface area contributed by atoms with Crippen LogP contribution in [0.1, 0.15) is 22.7 Å². The van der Waals surface area contributed by atoms with Gasteiger partial charge in [0.2, 0.25) is 0 Å². The Kier molecular flexibility index (Phi) is 7.61. The van der Waals surface area contributed by atoms with Crippen LogP contribution in [0.5, 0.6) is 11.5 Å². The van der Waals surface area contributed by atoms with Crippen LogP contribution in [0.2, 0.25) is 0 Å². The SMILES string of the molecule is COc1cc(C[NH2+][C@@H](C(=O)NC(N)=O)c2ccccc2)ccc1OCc1ccccc1. The number of ether oxygens (including phenoxy) is 2. The number of primary amides is 1. The Morgan fingerprint density at radius 3 is 2.26 bits per heavy atom. The highest BCUT2D eigenvalue weighted by molar-refractivity contribution is 5.96. The minimum Gasteiger partial charge on any atom is -0.493 e. The number of hydrogen-bond acceptors (Lipinski definition) is 4. The monoisotopic (exact) mass is 420 g/mol. The second-order valence-corrected chi connectivity index (χ2v) is 6.94. The first-order chi connectivity index (χ1) is 15.1. The highest BCUT2D eigenvalue weighted by atomic mass is 16.5. The van der Waals surface area contributed by atoms with Gasteiger partial charge in [-0.05, 0) is 23.8 Å². The first-order valence-electron chi connectivity index (χ1n) is 9.89. The number of carbonyl (C=O) groups excluding carboxylic acids is 2. The summed E-state index contributed by atoms with van der Waals surface area (Å²) >= 11 is 0. The molecule has 0 aliphatic heterocycles. The van der Waals surface area contributed by atoms with Crippen LogP contribution in [-0.2, 0) is 17.9 Å². The summed E-state index contributed by atoms with van der Waals surface area (Å²) in [7, 11) is 1.59. The van der Waals surface area contributed by atoms with Crippen molar-refractivity contribution in [3.63, 3.8) is 0 Å². The van der Waals surface area contributed by atoms with Crippen molar-refractivity contribution in [3.05, 3.63) is 95.6 Å². The number of benzene rings is 3. The predicted octanol–water partition coefficient (Wildman–Crippen LogP) is 2.27. The maximum Gasteiger partial charge on any atom is 0.319 e. The molecule has 0 saturated heterocycles. The summed E-state index contributed by atoms with van der Waals surface area (Å²) in [5.74, 6) is 0.786. The van der Waals surface area contributed by atoms with Crippen LogP contribution in [0.3, 0.4) is 0 Å². The minimum atomic E-state index is -0.874. The number of urea groups is 1. The Balaban J connectivity index is 1.70. The van der Waals surface area contributed by atoms with Crippen molar-refractivity contribution in [1.29, 1.82) is 0 Å². The van der Waals surface area contributed by atoms with Gasteiger partial charge in [-0.25, -0.2) is 4.79 Å². The number of rotatable bonds is 9. The Labute approximate surface area is 181 Å². The van der Waals surface area contributed by atoms with Crippen LogP contribution in [0.25, 0.3) is 0 Å². The summed E-state index contributed by atoms with van der Waals surface area (Å²) < 4.78 is 11.4. The largest absolute Gasteiger partial charge is 0.493 e. The summed E-state index contributed by atoms with van der Waals surface area (Å²) in [6, 6.07) is 23.3. The normalized spacial score (nSPS) is 11.4. The standard InChI is InChI=1S/C24H25N3O4/c1-30-21-14-18(12-13-20(21)31-16-17-8-4-2-5-9-17)15-26-22(23(28)27-24(25)29)19-10-6-3-7-11-19/h2-14,22,26H,15-16H2,1H3,(H3,25,27,28,29)/p+1/t22-/m1/s1. The molecule has 0 fully saturated rings. The highest BCUT2D eigenvalue weighted by Crippen LogP contribution is 2.28. The van der Waals surface area contributed by atoms with Crippen molar-refractivity contribution in [2.24, 2.45) is 5.73 Å². The van der Waals surface area contributed by atoms with Gasteiger partial charge in [-0.2, -0.15) is 0 Å². The van der Waals surface area contributed by atoms with Gasteiger partial charge in [-0.15, -0.1) is 0 Å². The van der Waals surface area contributed by atoms with Crippen LogP contribution in [-0.4, -0.2) is 19.0 Å². The maximum atomic E-state index is 12.5. The Morgan fingerprint density at radius 2 is 1.61 bits per heavy atom. The predicted molar refractivity (Wildman–Crippen MR) is 116 cm³/mol. The number of quaternary nitrogens is 1. The fourth-order valence-corrected chi connectivity index (χ4v) is 3.20. The second kappa shape index (κ2) is 10.8. The number of methoxy groups -OCH3 is 1. The summed E-state index contributed by atoms with van der Waals surface area (Å²) in [6.07, 6.45) is 0. The molecule has 1 atom stereocenters. The first-order valence-corrected chi connectivity index (χ1v) is 9.89. The number of hydrogen-bond donors (Lipinski definition) is 3. The lowest BCUT2D eigenvalue weighted by Crippen LogP contribution is -2.86. The molecule has 0 saturated carbocycles. The molecule has 0 radical (unpaired) electrons. The van der Waals surface area contributed by atoms with Gasteiger partial charge >= 0.3 is 6.03 Å². The molecule has 31 heavy (non-hydrogen) atoms. The van der Waals surface area contributed by atoms with Crippen molar-refractivity contribution in [2.45, 2.75) is 19.2 Å². The molecule has 0 aromatic heterocycles. The molecule has 3 aromatic rings. The number of amides is 3. The van der Waals surface area contributed by atoms with Gasteiger partial charge in [0.1, 0.15) is 13.2 Å². The first kappa shape index (κ1) is 21.9. The lowest BCUT2D eigenvalue weighted by atomic mass is 10.1. The van der Waals surface area contributed by atoms with Gasteiger partial charge in [0, 0.05) is 11.1 Å². The molecule has 3 rings (SSSR count). The van der Waals surface area contributed by atoms with Gasteiger partial charge in [-0.1, -0.05) is 60.7 Å². The molecular weight excluding hydrogens is 394 g/mol. The third kappa shape index (κ3) is 6.32. The van der Waals surface area contributed by atoms with Crippen LogP contribution in [0.4, 0.5) is 4.79 Å². The summed E-state index contributed by atoms with van der Waals surface area (Å²) in [5, 5.41) is 4.01. The van der Waals surface area contributed by atoms with Crippen molar-refractivity contribution in [3.8, 4) is 11.5 Å². The summed E-state index contributed by atoms with van der Waals surface area (Å²) in [4.78, 5) is 23.6. The average molecular weight is 420 g/mol. The lowest BCUT2D eigenvalue weighted by Gasteiger charge is -2.16. The van der Waals surface area contributed by atoms with Gasteiger partial charge in [0.05, 0.1) is 7.11 Å². The smallest absolute Gasteiger partial charge is 0.319 e. The third-order valence-electron chi connectivity index (χ3n) is 4.74. The van der Waals surface area contributed by atoms with Gasteiger partial charge in [0.25, 0.3) is 5.91 Å². The molecular formula is C24H26N3O4+. The molecule has 7 nitrogen and oxygen atoms in total. The zero-order valence-electron chi connectivity index (χ0n) is 17.3. The number of nitrogens with two attached hydrogens (primary N) is 2. The van der Waals surface area contributed by atoms with E-state index in [0.29, 0.717) is 24.7 Å². The summed E-state index contributed by atoms with van der Waals surface area (Å²) in [6.45, 7) is 0.924. The molecule has 160 valence electrons.